The minimum Gasteiger partial charge on any atom is -0.408 e. The number of nitriles is 1. The number of hydrogen-bond acceptors (Lipinski definition) is 7. The van der Waals surface area contributed by atoms with Crippen LogP contribution in [0.15, 0.2) is 70.3 Å². The minimum absolute atomic E-state index is 0.0504. The van der Waals surface area contributed by atoms with Crippen LogP contribution >= 0.6 is 11.6 Å². The second-order valence-electron chi connectivity index (χ2n) is 8.12. The molecule has 1 aliphatic rings. The van der Waals surface area contributed by atoms with E-state index in [-0.39, 0.29) is 12.0 Å². The second-order valence-corrected chi connectivity index (χ2v) is 8.52. The van der Waals surface area contributed by atoms with Gasteiger partial charge in [-0.2, -0.15) is 5.26 Å². The average Bonchev–Trinajstić information content (AvgIpc) is 3.40. The molecule has 0 atom stereocenters. The Morgan fingerprint density at radius 3 is 2.74 bits per heavy atom. The largest absolute Gasteiger partial charge is 0.420 e. The number of hydrogen-bond donors (Lipinski definition) is 0. The van der Waals surface area contributed by atoms with Crippen LogP contribution in [0.3, 0.4) is 0 Å². The van der Waals surface area contributed by atoms with Gasteiger partial charge in [-0.3, -0.25) is 9.13 Å². The third kappa shape index (κ3) is 3.19. The molecule has 6 rings (SSSR count). The lowest BCUT2D eigenvalue weighted by Crippen LogP contribution is -2.32. The van der Waals surface area contributed by atoms with Gasteiger partial charge in [-0.05, 0) is 43.2 Å². The number of rotatable bonds is 4. The summed E-state index contributed by atoms with van der Waals surface area (Å²) in [5.74, 6) is 0.955. The maximum atomic E-state index is 12.6. The summed E-state index contributed by atoms with van der Waals surface area (Å²) in [6, 6.07) is 16.3. The average molecular weight is 470 g/mol. The van der Waals surface area contributed by atoms with Gasteiger partial charge in [0.1, 0.15) is 17.8 Å². The van der Waals surface area contributed by atoms with Gasteiger partial charge in [-0.25, -0.2) is 14.8 Å². The number of benzene rings is 2. The fourth-order valence-corrected chi connectivity index (χ4v) is 4.70. The highest BCUT2D eigenvalue weighted by atomic mass is 35.5. The lowest BCUT2D eigenvalue weighted by molar-refractivity contribution is 0.245. The summed E-state index contributed by atoms with van der Waals surface area (Å²) in [4.78, 5) is 20.9. The first-order valence-corrected chi connectivity index (χ1v) is 11.0. The predicted octanol–water partition coefficient (Wildman–Crippen LogP) is 4.28. The number of aromatic nitrogens is 6. The molecule has 10 heteroatoms. The molecule has 0 spiro atoms. The molecule has 3 heterocycles. The molecule has 0 saturated heterocycles. The molecule has 2 aromatic carbocycles. The smallest absolute Gasteiger partial charge is 0.408 e. The summed E-state index contributed by atoms with van der Waals surface area (Å²) in [7, 11) is 0. The quantitative estimate of drug-likeness (QED) is 0.385. The predicted molar refractivity (Wildman–Crippen MR) is 124 cm³/mol. The highest BCUT2D eigenvalue weighted by Crippen LogP contribution is 2.46. The van der Waals surface area contributed by atoms with E-state index in [0.717, 1.165) is 11.5 Å². The van der Waals surface area contributed by atoms with E-state index in [1.54, 1.807) is 35.0 Å². The van der Waals surface area contributed by atoms with Crippen LogP contribution in [-0.2, 0) is 0 Å². The van der Waals surface area contributed by atoms with Gasteiger partial charge in [0.2, 0.25) is 0 Å². The molecule has 0 bridgehead atoms. The summed E-state index contributed by atoms with van der Waals surface area (Å²) in [6.45, 7) is 0. The molecule has 9 nitrogen and oxygen atoms in total. The molecule has 166 valence electrons. The second kappa shape index (κ2) is 7.93. The van der Waals surface area contributed by atoms with Gasteiger partial charge in [0, 0.05) is 24.2 Å². The molecule has 0 N–H and O–H groups in total. The Morgan fingerprint density at radius 1 is 1.12 bits per heavy atom. The van der Waals surface area contributed by atoms with Crippen molar-refractivity contribution in [2.75, 3.05) is 0 Å². The topological polar surface area (TPSA) is 115 Å². The van der Waals surface area contributed by atoms with E-state index in [0.29, 0.717) is 46.0 Å². The molecule has 34 heavy (non-hydrogen) atoms. The molecule has 0 radical (unpaired) electrons. The zero-order valence-electron chi connectivity index (χ0n) is 17.7. The molecule has 1 aliphatic carbocycles. The molecular weight excluding hydrogens is 454 g/mol. The van der Waals surface area contributed by atoms with Crippen molar-refractivity contribution in [3.63, 3.8) is 0 Å². The van der Waals surface area contributed by atoms with Crippen LogP contribution in [-0.4, -0.2) is 29.3 Å². The fraction of sp³-hybridized carbons (Fsp3) is 0.167. The van der Waals surface area contributed by atoms with Crippen LogP contribution in [0, 0.1) is 11.3 Å². The normalized spacial score (nSPS) is 17.4. The van der Waals surface area contributed by atoms with Crippen molar-refractivity contribution >= 4 is 22.7 Å². The maximum absolute atomic E-state index is 12.6. The Morgan fingerprint density at radius 2 is 1.97 bits per heavy atom. The van der Waals surface area contributed by atoms with Crippen molar-refractivity contribution < 1.29 is 4.42 Å². The van der Waals surface area contributed by atoms with E-state index in [1.165, 1.54) is 6.33 Å². The van der Waals surface area contributed by atoms with Gasteiger partial charge in [0.05, 0.1) is 27.9 Å². The summed E-state index contributed by atoms with van der Waals surface area (Å²) < 4.78 is 8.99. The minimum atomic E-state index is -0.428. The number of halogens is 1. The van der Waals surface area contributed by atoms with Crippen molar-refractivity contribution in [1.29, 1.82) is 5.26 Å². The van der Waals surface area contributed by atoms with Crippen molar-refractivity contribution in [3.8, 4) is 23.3 Å². The standard InChI is InChI=1S/C24H16ClN7O2/c25-17-3-1-2-4-19(17)32-22(29-30-23(32)18-7-8-27-13-28-18)15-10-16(11-15)31-20-6-5-14(12-26)9-21(20)34-24(31)33/h1-9,13,15-16H,10-11H2. The molecule has 1 fully saturated rings. The van der Waals surface area contributed by atoms with Gasteiger partial charge in [0.15, 0.2) is 11.4 Å². The Balaban J connectivity index is 1.38. The van der Waals surface area contributed by atoms with Gasteiger partial charge >= 0.3 is 5.76 Å². The van der Waals surface area contributed by atoms with E-state index in [2.05, 4.69) is 26.2 Å². The first-order chi connectivity index (χ1) is 16.6. The molecule has 0 aliphatic heterocycles. The van der Waals surface area contributed by atoms with Gasteiger partial charge in [-0.1, -0.05) is 23.7 Å². The first kappa shape index (κ1) is 20.3. The van der Waals surface area contributed by atoms with Gasteiger partial charge in [-0.15, -0.1) is 10.2 Å². The van der Waals surface area contributed by atoms with E-state index < -0.39 is 5.76 Å². The Kier molecular flexibility index (Phi) is 4.74. The van der Waals surface area contributed by atoms with Gasteiger partial charge in [0.25, 0.3) is 0 Å². The zero-order valence-corrected chi connectivity index (χ0v) is 18.4. The molecule has 0 amide bonds. The highest BCUT2D eigenvalue weighted by molar-refractivity contribution is 6.32. The SMILES string of the molecule is N#Cc1ccc2c(c1)oc(=O)n2C1CC(c2nnc(-c3ccncn3)n2-c2ccccc2Cl)C1. The Hall–Kier alpha value is -4.29. The zero-order chi connectivity index (χ0) is 23.2. The molecule has 3 aromatic heterocycles. The Bertz CT molecular complexity index is 1620. The van der Waals surface area contributed by atoms with Crippen molar-refractivity contribution in [2.45, 2.75) is 24.8 Å². The van der Waals surface area contributed by atoms with Crippen LogP contribution in [0.2, 0.25) is 5.02 Å². The maximum Gasteiger partial charge on any atom is 0.420 e. The lowest BCUT2D eigenvalue weighted by Gasteiger charge is -2.35. The molecule has 5 aromatic rings. The van der Waals surface area contributed by atoms with Crippen molar-refractivity contribution in [3.05, 3.63) is 88.0 Å². The summed E-state index contributed by atoms with van der Waals surface area (Å²) in [6.07, 6.45) is 4.48. The van der Waals surface area contributed by atoms with Crippen LogP contribution in [0.5, 0.6) is 0 Å². The molecule has 1 saturated carbocycles. The van der Waals surface area contributed by atoms with Crippen molar-refractivity contribution in [1.82, 2.24) is 29.3 Å². The van der Waals surface area contributed by atoms with Crippen LogP contribution in [0.4, 0.5) is 0 Å². The lowest BCUT2D eigenvalue weighted by atomic mass is 9.79. The van der Waals surface area contributed by atoms with E-state index in [9.17, 15) is 4.79 Å². The number of para-hydroxylation sites is 1. The summed E-state index contributed by atoms with van der Waals surface area (Å²) in [5.41, 5.74) is 2.94. The van der Waals surface area contributed by atoms with Crippen LogP contribution in [0.25, 0.3) is 28.3 Å². The highest BCUT2D eigenvalue weighted by Gasteiger charge is 2.38. The fourth-order valence-electron chi connectivity index (χ4n) is 4.48. The molecule has 0 unspecified atom stereocenters. The van der Waals surface area contributed by atoms with E-state index >= 15 is 0 Å². The third-order valence-electron chi connectivity index (χ3n) is 6.18. The molecular formula is C24H16ClN7O2. The monoisotopic (exact) mass is 469 g/mol. The summed E-state index contributed by atoms with van der Waals surface area (Å²) in [5, 5.41) is 18.6. The Labute approximate surface area is 197 Å². The van der Waals surface area contributed by atoms with Gasteiger partial charge < -0.3 is 4.42 Å². The van der Waals surface area contributed by atoms with Crippen LogP contribution < -0.4 is 5.76 Å². The third-order valence-corrected chi connectivity index (χ3v) is 6.50. The number of fused-ring (bicyclic) bond motifs is 1. The van der Waals surface area contributed by atoms with Crippen LogP contribution in [0.1, 0.15) is 36.2 Å². The van der Waals surface area contributed by atoms with E-state index in [4.69, 9.17) is 21.3 Å². The number of nitrogens with zero attached hydrogens (tertiary/aromatic N) is 7. The van der Waals surface area contributed by atoms with E-state index in [1.807, 2.05) is 28.8 Å². The summed E-state index contributed by atoms with van der Waals surface area (Å²) >= 11 is 6.54. The van der Waals surface area contributed by atoms with Crippen molar-refractivity contribution in [2.24, 2.45) is 0 Å². The first-order valence-electron chi connectivity index (χ1n) is 10.7. The number of oxazole rings is 1.